The van der Waals surface area contributed by atoms with E-state index in [1.807, 2.05) is 24.3 Å². The number of aromatic nitrogens is 1. The summed E-state index contributed by atoms with van der Waals surface area (Å²) in [5.74, 6) is -0.240. The number of aliphatic hydroxyl groups excluding tert-OH is 1. The van der Waals surface area contributed by atoms with Gasteiger partial charge in [0.05, 0.1) is 6.61 Å². The number of amides is 1. The van der Waals surface area contributed by atoms with Crippen LogP contribution in [0.4, 0.5) is 0 Å². The average molecular weight is 246 g/mol. The Morgan fingerprint density at radius 2 is 1.94 bits per heavy atom. The van der Waals surface area contributed by atoms with Gasteiger partial charge in [0.2, 0.25) is 0 Å². The zero-order chi connectivity index (χ0) is 12.8. The van der Waals surface area contributed by atoms with Gasteiger partial charge in [-0.3, -0.25) is 4.79 Å². The summed E-state index contributed by atoms with van der Waals surface area (Å²) in [7, 11) is 0. The maximum atomic E-state index is 11.5. The molecule has 2 N–H and O–H groups in total. The smallest absolute Gasteiger partial charge is 0.273 e. The highest BCUT2D eigenvalue weighted by atomic mass is 16.5. The molecule has 0 bridgehead atoms. The molecule has 5 nitrogen and oxygen atoms in total. The number of aliphatic hydroxyl groups is 1. The molecule has 0 spiro atoms. The normalized spacial score (nSPS) is 10.3. The summed E-state index contributed by atoms with van der Waals surface area (Å²) in [6, 6.07) is 9.14. The van der Waals surface area contributed by atoms with E-state index in [0.717, 1.165) is 17.5 Å². The lowest BCUT2D eigenvalue weighted by Crippen LogP contribution is -2.25. The van der Waals surface area contributed by atoms with Gasteiger partial charge in [0.1, 0.15) is 6.26 Å². The van der Waals surface area contributed by atoms with Crippen LogP contribution in [0.1, 0.15) is 21.6 Å². The first kappa shape index (κ1) is 12.3. The van der Waals surface area contributed by atoms with Crippen molar-refractivity contribution in [2.75, 3.05) is 6.54 Å². The third-order valence-corrected chi connectivity index (χ3v) is 2.58. The first-order valence-corrected chi connectivity index (χ1v) is 5.67. The van der Waals surface area contributed by atoms with Crippen molar-refractivity contribution in [3.8, 4) is 0 Å². The van der Waals surface area contributed by atoms with Crippen LogP contribution in [0.3, 0.4) is 0 Å². The highest BCUT2D eigenvalue weighted by Gasteiger charge is 2.07. The minimum absolute atomic E-state index is 0.0448. The molecule has 1 amide bonds. The highest BCUT2D eigenvalue weighted by molar-refractivity contribution is 5.91. The Bertz CT molecular complexity index is 491. The van der Waals surface area contributed by atoms with E-state index in [-0.39, 0.29) is 18.2 Å². The number of nitrogens with one attached hydrogen (secondary N) is 1. The minimum atomic E-state index is -0.240. The predicted molar refractivity (Wildman–Crippen MR) is 64.9 cm³/mol. The van der Waals surface area contributed by atoms with E-state index >= 15 is 0 Å². The van der Waals surface area contributed by atoms with Crippen LogP contribution >= 0.6 is 0 Å². The number of hydrogen-bond acceptors (Lipinski definition) is 4. The molecular weight excluding hydrogens is 232 g/mol. The molecule has 0 aliphatic heterocycles. The van der Waals surface area contributed by atoms with Gasteiger partial charge in [-0.1, -0.05) is 29.4 Å². The monoisotopic (exact) mass is 246 g/mol. The van der Waals surface area contributed by atoms with Crippen molar-refractivity contribution in [3.05, 3.63) is 53.4 Å². The zero-order valence-electron chi connectivity index (χ0n) is 9.80. The third-order valence-electron chi connectivity index (χ3n) is 2.58. The molecule has 5 heteroatoms. The Balaban J connectivity index is 1.79. The maximum Gasteiger partial charge on any atom is 0.273 e. The molecule has 0 aliphatic carbocycles. The van der Waals surface area contributed by atoms with Crippen molar-refractivity contribution >= 4 is 5.91 Å². The molecule has 2 rings (SSSR count). The summed E-state index contributed by atoms with van der Waals surface area (Å²) < 4.78 is 4.59. The van der Waals surface area contributed by atoms with E-state index in [1.54, 1.807) is 0 Å². The molecule has 2 aromatic rings. The third kappa shape index (κ3) is 3.18. The van der Waals surface area contributed by atoms with Crippen LogP contribution in [0.2, 0.25) is 0 Å². The van der Waals surface area contributed by atoms with Crippen LogP contribution in [0.25, 0.3) is 0 Å². The second-order valence-corrected chi connectivity index (χ2v) is 3.87. The molecule has 1 heterocycles. The van der Waals surface area contributed by atoms with E-state index in [4.69, 9.17) is 5.11 Å². The summed E-state index contributed by atoms with van der Waals surface area (Å²) in [6.45, 7) is 0.577. The standard InChI is InChI=1S/C13H14N2O3/c16-9-11-3-1-10(2-4-11)5-7-14-13(17)12-6-8-18-15-12/h1-4,6,8,16H,5,7,9H2,(H,14,17). The van der Waals surface area contributed by atoms with Crippen molar-refractivity contribution in [1.29, 1.82) is 0 Å². The van der Waals surface area contributed by atoms with Crippen molar-refractivity contribution in [3.63, 3.8) is 0 Å². The summed E-state index contributed by atoms with van der Waals surface area (Å²) >= 11 is 0. The molecule has 0 saturated carbocycles. The fourth-order valence-electron chi connectivity index (χ4n) is 1.55. The molecular formula is C13H14N2O3. The number of benzene rings is 1. The SMILES string of the molecule is O=C(NCCc1ccc(CO)cc1)c1ccon1. The van der Waals surface area contributed by atoms with E-state index in [2.05, 4.69) is 15.0 Å². The lowest BCUT2D eigenvalue weighted by molar-refractivity contribution is 0.0945. The molecule has 0 fully saturated rings. The van der Waals surface area contributed by atoms with Crippen LogP contribution in [0, 0.1) is 0 Å². The van der Waals surface area contributed by atoms with Gasteiger partial charge in [0.25, 0.3) is 5.91 Å². The number of carbonyl (C=O) groups is 1. The molecule has 94 valence electrons. The highest BCUT2D eigenvalue weighted by Crippen LogP contribution is 2.04. The average Bonchev–Trinajstić information content (AvgIpc) is 2.93. The minimum Gasteiger partial charge on any atom is -0.392 e. The molecule has 0 radical (unpaired) electrons. The van der Waals surface area contributed by atoms with Crippen molar-refractivity contribution in [1.82, 2.24) is 10.5 Å². The summed E-state index contributed by atoms with van der Waals surface area (Å²) in [4.78, 5) is 11.5. The number of hydrogen-bond donors (Lipinski definition) is 2. The lowest BCUT2D eigenvalue weighted by Gasteiger charge is -2.04. The van der Waals surface area contributed by atoms with Crippen LogP contribution in [0.15, 0.2) is 41.1 Å². The van der Waals surface area contributed by atoms with E-state index in [9.17, 15) is 4.79 Å². The fourth-order valence-corrected chi connectivity index (χ4v) is 1.55. The van der Waals surface area contributed by atoms with E-state index in [1.165, 1.54) is 12.3 Å². The maximum absolute atomic E-state index is 11.5. The molecule has 0 atom stereocenters. The van der Waals surface area contributed by atoms with Gasteiger partial charge in [-0.15, -0.1) is 0 Å². The fraction of sp³-hybridized carbons (Fsp3) is 0.231. The topological polar surface area (TPSA) is 75.4 Å². The Hall–Kier alpha value is -2.14. The molecule has 1 aromatic heterocycles. The Labute approximate surface area is 104 Å². The molecule has 0 aliphatic rings. The summed E-state index contributed by atoms with van der Waals surface area (Å²) in [6.07, 6.45) is 2.10. The first-order chi connectivity index (χ1) is 8.79. The Morgan fingerprint density at radius 3 is 2.56 bits per heavy atom. The quantitative estimate of drug-likeness (QED) is 0.829. The van der Waals surface area contributed by atoms with E-state index in [0.29, 0.717) is 6.54 Å². The number of carbonyl (C=O) groups excluding carboxylic acids is 1. The van der Waals surface area contributed by atoms with Crippen molar-refractivity contribution < 1.29 is 14.4 Å². The molecule has 0 unspecified atom stereocenters. The van der Waals surface area contributed by atoms with Crippen LogP contribution in [-0.4, -0.2) is 22.7 Å². The summed E-state index contributed by atoms with van der Waals surface area (Å²) in [5.41, 5.74) is 2.27. The second-order valence-electron chi connectivity index (χ2n) is 3.87. The Kier molecular flexibility index (Phi) is 4.09. The zero-order valence-corrected chi connectivity index (χ0v) is 9.80. The number of nitrogens with zero attached hydrogens (tertiary/aromatic N) is 1. The van der Waals surface area contributed by atoms with Gasteiger partial charge < -0.3 is 14.9 Å². The van der Waals surface area contributed by atoms with Gasteiger partial charge in [-0.2, -0.15) is 0 Å². The van der Waals surface area contributed by atoms with Crippen LogP contribution in [-0.2, 0) is 13.0 Å². The van der Waals surface area contributed by atoms with E-state index < -0.39 is 0 Å². The van der Waals surface area contributed by atoms with Gasteiger partial charge in [0.15, 0.2) is 5.69 Å². The lowest BCUT2D eigenvalue weighted by atomic mass is 10.1. The summed E-state index contributed by atoms with van der Waals surface area (Å²) in [5, 5.41) is 15.2. The predicted octanol–water partition coefficient (Wildman–Crippen LogP) is 1.14. The van der Waals surface area contributed by atoms with Crippen molar-refractivity contribution in [2.45, 2.75) is 13.0 Å². The van der Waals surface area contributed by atoms with Gasteiger partial charge in [-0.05, 0) is 17.5 Å². The first-order valence-electron chi connectivity index (χ1n) is 5.67. The second kappa shape index (κ2) is 5.97. The Morgan fingerprint density at radius 1 is 1.22 bits per heavy atom. The van der Waals surface area contributed by atoms with Gasteiger partial charge >= 0.3 is 0 Å². The van der Waals surface area contributed by atoms with Gasteiger partial charge in [0, 0.05) is 12.6 Å². The molecule has 0 saturated heterocycles. The van der Waals surface area contributed by atoms with Crippen LogP contribution in [0.5, 0.6) is 0 Å². The molecule has 18 heavy (non-hydrogen) atoms. The van der Waals surface area contributed by atoms with Gasteiger partial charge in [-0.25, -0.2) is 0 Å². The number of rotatable bonds is 5. The largest absolute Gasteiger partial charge is 0.392 e. The van der Waals surface area contributed by atoms with Crippen molar-refractivity contribution in [2.24, 2.45) is 0 Å². The van der Waals surface area contributed by atoms with Crippen LogP contribution < -0.4 is 5.32 Å². The molecule has 1 aromatic carbocycles.